The van der Waals surface area contributed by atoms with E-state index in [-0.39, 0.29) is 17.9 Å². The van der Waals surface area contributed by atoms with Gasteiger partial charge in [0.25, 0.3) is 0 Å². The molecule has 2 aliphatic rings. The summed E-state index contributed by atoms with van der Waals surface area (Å²) in [6.07, 6.45) is 2.98. The maximum Gasteiger partial charge on any atom is 0.243 e. The lowest BCUT2D eigenvalue weighted by Crippen LogP contribution is -2.40. The molecule has 0 aromatic heterocycles. The first-order valence-electron chi connectivity index (χ1n) is 10.5. The number of halogens is 1. The molecule has 0 radical (unpaired) electrons. The van der Waals surface area contributed by atoms with Crippen LogP contribution < -0.4 is 11.0 Å². The van der Waals surface area contributed by atoms with Crippen molar-refractivity contribution in [3.8, 4) is 0 Å². The van der Waals surface area contributed by atoms with Gasteiger partial charge in [0.15, 0.2) is 0 Å². The summed E-state index contributed by atoms with van der Waals surface area (Å²) in [6, 6.07) is 12.7. The average Bonchev–Trinajstić information content (AvgIpc) is 3.36. The minimum atomic E-state index is -3.70. The van der Waals surface area contributed by atoms with E-state index < -0.39 is 10.0 Å². The van der Waals surface area contributed by atoms with Crippen LogP contribution in [0.15, 0.2) is 58.5 Å². The highest BCUT2D eigenvalue weighted by molar-refractivity contribution is 7.89. The van der Waals surface area contributed by atoms with E-state index in [2.05, 4.69) is 16.1 Å². The Bertz CT molecular complexity index is 1040. The fraction of sp³-hybridized carbons (Fsp3) is 0.409. The summed E-state index contributed by atoms with van der Waals surface area (Å²) >= 11 is 0. The van der Waals surface area contributed by atoms with Gasteiger partial charge in [0.05, 0.1) is 17.5 Å². The van der Waals surface area contributed by atoms with Gasteiger partial charge in [0.1, 0.15) is 11.7 Å². The SMILES string of the molecule is CC1=NN(CCCC2CCC(c3ccc(F)cc3)N2S(=O)(=O)c2ccc(C)cc2)NN1. The molecule has 0 amide bonds. The molecule has 2 atom stereocenters. The van der Waals surface area contributed by atoms with E-state index in [0.717, 1.165) is 36.2 Å². The van der Waals surface area contributed by atoms with Crippen LogP contribution in [0.4, 0.5) is 4.39 Å². The van der Waals surface area contributed by atoms with Gasteiger partial charge in [-0.05, 0) is 69.4 Å². The Labute approximate surface area is 182 Å². The summed E-state index contributed by atoms with van der Waals surface area (Å²) in [5.41, 5.74) is 7.72. The first kappa shape index (κ1) is 21.7. The molecule has 2 aromatic rings. The van der Waals surface area contributed by atoms with Crippen molar-refractivity contribution in [1.82, 2.24) is 20.4 Å². The van der Waals surface area contributed by atoms with Gasteiger partial charge in [0, 0.05) is 6.04 Å². The predicted octanol–water partition coefficient (Wildman–Crippen LogP) is 3.47. The topological polar surface area (TPSA) is 77.0 Å². The Morgan fingerprint density at radius 2 is 1.77 bits per heavy atom. The van der Waals surface area contributed by atoms with Crippen molar-refractivity contribution in [1.29, 1.82) is 0 Å². The molecule has 166 valence electrons. The highest BCUT2D eigenvalue weighted by Crippen LogP contribution is 2.42. The normalized spacial score (nSPS) is 21.9. The second-order valence-corrected chi connectivity index (χ2v) is 9.98. The fourth-order valence-corrected chi connectivity index (χ4v) is 6.17. The van der Waals surface area contributed by atoms with Crippen LogP contribution in [0.1, 0.15) is 49.8 Å². The largest absolute Gasteiger partial charge is 0.289 e. The molecule has 0 aliphatic carbocycles. The van der Waals surface area contributed by atoms with E-state index in [0.29, 0.717) is 17.9 Å². The van der Waals surface area contributed by atoms with Crippen LogP contribution in [0.2, 0.25) is 0 Å². The lowest BCUT2D eigenvalue weighted by molar-refractivity contribution is 0.194. The van der Waals surface area contributed by atoms with E-state index in [9.17, 15) is 12.8 Å². The molecule has 31 heavy (non-hydrogen) atoms. The summed E-state index contributed by atoms with van der Waals surface area (Å²) in [4.78, 5) is 0.294. The van der Waals surface area contributed by atoms with Crippen LogP contribution in [0.25, 0.3) is 0 Å². The van der Waals surface area contributed by atoms with Gasteiger partial charge in [0.2, 0.25) is 10.0 Å². The van der Waals surface area contributed by atoms with Crippen molar-refractivity contribution >= 4 is 15.9 Å². The Morgan fingerprint density at radius 3 is 2.42 bits per heavy atom. The Balaban J connectivity index is 1.58. The Kier molecular flexibility index (Phi) is 6.27. The van der Waals surface area contributed by atoms with Gasteiger partial charge < -0.3 is 0 Å². The van der Waals surface area contributed by atoms with Crippen LogP contribution in [0.5, 0.6) is 0 Å². The van der Waals surface area contributed by atoms with Crippen molar-refractivity contribution in [2.75, 3.05) is 6.54 Å². The minimum absolute atomic E-state index is 0.123. The number of hydrazine groups is 2. The quantitative estimate of drug-likeness (QED) is 0.683. The summed E-state index contributed by atoms with van der Waals surface area (Å²) in [7, 11) is -3.70. The minimum Gasteiger partial charge on any atom is -0.289 e. The molecule has 2 heterocycles. The lowest BCUT2D eigenvalue weighted by Gasteiger charge is -2.30. The molecule has 0 saturated carbocycles. The monoisotopic (exact) mass is 445 g/mol. The van der Waals surface area contributed by atoms with Crippen molar-refractivity contribution in [2.24, 2.45) is 5.10 Å². The summed E-state index contributed by atoms with van der Waals surface area (Å²) in [5, 5.41) is 6.03. The fourth-order valence-electron chi connectivity index (χ4n) is 4.28. The molecule has 2 aliphatic heterocycles. The molecule has 0 spiro atoms. The van der Waals surface area contributed by atoms with E-state index in [1.54, 1.807) is 33.7 Å². The highest BCUT2D eigenvalue weighted by atomic mass is 32.2. The van der Waals surface area contributed by atoms with E-state index >= 15 is 0 Å². The molecule has 1 fully saturated rings. The standard InChI is InChI=1S/C22H28FN5O2S/c1-16-5-12-21(13-6-16)31(29,30)28-20(4-3-15-27-25-17(2)24-26-27)11-14-22(28)18-7-9-19(23)10-8-18/h5-10,12-13,20,22,26H,3-4,11,14-15H2,1-2H3,(H,24,25). The molecule has 0 bridgehead atoms. The number of rotatable bonds is 7. The van der Waals surface area contributed by atoms with Gasteiger partial charge >= 0.3 is 0 Å². The molecule has 1 saturated heterocycles. The first-order chi connectivity index (χ1) is 14.8. The lowest BCUT2D eigenvalue weighted by atomic mass is 10.0. The molecular formula is C22H28FN5O2S. The number of sulfonamides is 1. The summed E-state index contributed by atoms with van der Waals surface area (Å²) in [6.45, 7) is 4.47. The van der Waals surface area contributed by atoms with Crippen LogP contribution in [-0.4, -0.2) is 36.3 Å². The number of nitrogens with one attached hydrogen (secondary N) is 2. The molecule has 9 heteroatoms. The van der Waals surface area contributed by atoms with E-state index in [1.165, 1.54) is 12.1 Å². The number of hydrogen-bond acceptors (Lipinski definition) is 6. The number of benzene rings is 2. The summed E-state index contributed by atoms with van der Waals surface area (Å²) in [5.74, 6) is 0.467. The Hall–Kier alpha value is -2.49. The average molecular weight is 446 g/mol. The molecule has 2 unspecified atom stereocenters. The zero-order chi connectivity index (χ0) is 22.0. The molecule has 4 rings (SSSR count). The highest BCUT2D eigenvalue weighted by Gasteiger charge is 2.42. The van der Waals surface area contributed by atoms with Crippen LogP contribution >= 0.6 is 0 Å². The number of hydrazone groups is 1. The molecule has 7 nitrogen and oxygen atoms in total. The van der Waals surface area contributed by atoms with Crippen LogP contribution in [0, 0.1) is 12.7 Å². The molecular weight excluding hydrogens is 417 g/mol. The van der Waals surface area contributed by atoms with Gasteiger partial charge in [-0.15, -0.1) is 10.6 Å². The first-order valence-corrected chi connectivity index (χ1v) is 12.0. The van der Waals surface area contributed by atoms with Gasteiger partial charge in [-0.1, -0.05) is 29.8 Å². The maximum atomic E-state index is 13.7. The van der Waals surface area contributed by atoms with Crippen molar-refractivity contribution in [3.05, 3.63) is 65.5 Å². The third-order valence-electron chi connectivity index (χ3n) is 5.84. The van der Waals surface area contributed by atoms with Crippen molar-refractivity contribution in [2.45, 2.75) is 56.5 Å². The Morgan fingerprint density at radius 1 is 1.06 bits per heavy atom. The van der Waals surface area contributed by atoms with Crippen molar-refractivity contribution < 1.29 is 12.8 Å². The second kappa shape index (κ2) is 8.94. The second-order valence-electron chi connectivity index (χ2n) is 8.13. The third kappa shape index (κ3) is 4.73. The number of hydrogen-bond donors (Lipinski definition) is 2. The molecule has 2 N–H and O–H groups in total. The molecule has 2 aromatic carbocycles. The zero-order valence-corrected chi connectivity index (χ0v) is 18.6. The number of amidine groups is 1. The summed E-state index contributed by atoms with van der Waals surface area (Å²) < 4.78 is 42.4. The predicted molar refractivity (Wildman–Crippen MR) is 118 cm³/mol. The van der Waals surface area contributed by atoms with E-state index in [4.69, 9.17) is 0 Å². The maximum absolute atomic E-state index is 13.7. The number of aryl methyl sites for hydroxylation is 1. The number of nitrogens with zero attached hydrogens (tertiary/aromatic N) is 3. The smallest absolute Gasteiger partial charge is 0.243 e. The van der Waals surface area contributed by atoms with Crippen molar-refractivity contribution in [3.63, 3.8) is 0 Å². The van der Waals surface area contributed by atoms with Crippen LogP contribution in [-0.2, 0) is 10.0 Å². The third-order valence-corrected chi connectivity index (χ3v) is 7.81. The van der Waals surface area contributed by atoms with Crippen LogP contribution in [0.3, 0.4) is 0 Å². The van der Waals surface area contributed by atoms with E-state index in [1.807, 2.05) is 26.0 Å². The van der Waals surface area contributed by atoms with Gasteiger partial charge in [-0.2, -0.15) is 4.31 Å². The van der Waals surface area contributed by atoms with Gasteiger partial charge in [-0.25, -0.2) is 17.9 Å². The van der Waals surface area contributed by atoms with Gasteiger partial charge in [-0.3, -0.25) is 5.43 Å². The zero-order valence-electron chi connectivity index (χ0n) is 17.8.